The maximum atomic E-state index is 12.3. The van der Waals surface area contributed by atoms with E-state index in [1.54, 1.807) is 12.1 Å². The van der Waals surface area contributed by atoms with Crippen LogP contribution >= 0.6 is 46.4 Å². The molecule has 0 heterocycles. The molecule has 0 radical (unpaired) electrons. The normalized spacial score (nSPS) is 12.2. The van der Waals surface area contributed by atoms with Gasteiger partial charge < -0.3 is 0 Å². The van der Waals surface area contributed by atoms with Crippen molar-refractivity contribution in [2.24, 2.45) is 0 Å². The van der Waals surface area contributed by atoms with Crippen LogP contribution in [0.1, 0.15) is 21.3 Å². The summed E-state index contributed by atoms with van der Waals surface area (Å²) in [6, 6.07) is 12.0. The first kappa shape index (κ1) is 14.7. The Labute approximate surface area is 131 Å². The summed E-state index contributed by atoms with van der Waals surface area (Å²) in [5, 5.41) is -0.0880. The van der Waals surface area contributed by atoms with Crippen LogP contribution in [0.5, 0.6) is 0 Å². The molecule has 0 aromatic heterocycles. The van der Waals surface area contributed by atoms with Crippen LogP contribution in [0, 0.1) is 0 Å². The number of rotatable bonds is 3. The zero-order valence-corrected chi connectivity index (χ0v) is 12.6. The molecule has 0 saturated carbocycles. The Morgan fingerprint density at radius 3 is 2.26 bits per heavy atom. The highest BCUT2D eigenvalue weighted by atomic mass is 35.5. The molecular formula is C14H8Cl4O. The number of halogens is 4. The predicted octanol–water partition coefficient (Wildman–Crippen LogP) is 5.81. The number of benzene rings is 2. The molecule has 0 N–H and O–H groups in total. The van der Waals surface area contributed by atoms with Gasteiger partial charge >= 0.3 is 0 Å². The van der Waals surface area contributed by atoms with Crippen molar-refractivity contribution in [3.8, 4) is 0 Å². The Morgan fingerprint density at radius 1 is 1.00 bits per heavy atom. The van der Waals surface area contributed by atoms with Crippen LogP contribution in [0.4, 0.5) is 0 Å². The number of hydrogen-bond acceptors (Lipinski definition) is 1. The highest BCUT2D eigenvalue weighted by molar-refractivity contribution is 6.46. The molecule has 0 aliphatic rings. The second-order valence-corrected chi connectivity index (χ2v) is 5.54. The van der Waals surface area contributed by atoms with E-state index in [1.165, 1.54) is 12.1 Å². The van der Waals surface area contributed by atoms with E-state index in [1.807, 2.05) is 18.2 Å². The summed E-state index contributed by atoms with van der Waals surface area (Å²) in [4.78, 5) is 12.3. The quantitative estimate of drug-likeness (QED) is 0.393. The topological polar surface area (TPSA) is 17.1 Å². The fraction of sp³-hybridized carbons (Fsp3) is 0.0714. The molecule has 0 saturated heterocycles. The number of ketones is 1. The first-order valence-electron chi connectivity index (χ1n) is 5.38. The molecule has 5 heteroatoms. The summed E-state index contributed by atoms with van der Waals surface area (Å²) in [5.41, 5.74) is 0.921. The number of carbonyl (C=O) groups excluding carboxylic acids is 1. The summed E-state index contributed by atoms with van der Waals surface area (Å²) < 4.78 is 0. The fourth-order valence-electron chi connectivity index (χ4n) is 1.65. The predicted molar refractivity (Wildman–Crippen MR) is 80.8 cm³/mol. The third-order valence-electron chi connectivity index (χ3n) is 2.58. The highest BCUT2D eigenvalue weighted by Crippen LogP contribution is 2.34. The highest BCUT2D eigenvalue weighted by Gasteiger charge is 2.23. The van der Waals surface area contributed by atoms with Crippen LogP contribution in [0.25, 0.3) is 0 Å². The number of hydrogen-bond donors (Lipinski definition) is 0. The van der Waals surface area contributed by atoms with Crippen molar-refractivity contribution in [2.75, 3.05) is 0 Å². The molecule has 0 spiro atoms. The minimum absolute atomic E-state index is 0.164. The van der Waals surface area contributed by atoms with Gasteiger partial charge in [0.2, 0.25) is 0 Å². The Kier molecular flexibility index (Phi) is 4.75. The maximum Gasteiger partial charge on any atom is 0.186 e. The van der Waals surface area contributed by atoms with Gasteiger partial charge in [-0.3, -0.25) is 4.79 Å². The van der Waals surface area contributed by atoms with Crippen LogP contribution in [0.3, 0.4) is 0 Å². The van der Waals surface area contributed by atoms with Gasteiger partial charge in [-0.25, -0.2) is 0 Å². The number of alkyl halides is 1. The molecule has 19 heavy (non-hydrogen) atoms. The average Bonchev–Trinajstić information content (AvgIpc) is 2.42. The molecule has 2 aromatic carbocycles. The van der Waals surface area contributed by atoms with E-state index in [-0.39, 0.29) is 21.4 Å². The van der Waals surface area contributed by atoms with Gasteiger partial charge in [0.05, 0.1) is 10.0 Å². The summed E-state index contributed by atoms with van der Waals surface area (Å²) in [6.45, 7) is 0. The Balaban J connectivity index is 2.40. The molecule has 98 valence electrons. The van der Waals surface area contributed by atoms with Crippen molar-refractivity contribution < 1.29 is 4.79 Å². The summed E-state index contributed by atoms with van der Waals surface area (Å²) >= 11 is 24.0. The second-order valence-electron chi connectivity index (χ2n) is 3.89. The maximum absolute atomic E-state index is 12.3. The summed E-state index contributed by atoms with van der Waals surface area (Å²) in [7, 11) is 0. The lowest BCUT2D eigenvalue weighted by Gasteiger charge is -2.11. The van der Waals surface area contributed by atoms with Crippen molar-refractivity contribution in [1.29, 1.82) is 0 Å². The van der Waals surface area contributed by atoms with Gasteiger partial charge in [-0.05, 0) is 17.7 Å². The van der Waals surface area contributed by atoms with Gasteiger partial charge in [-0.1, -0.05) is 65.1 Å². The largest absolute Gasteiger partial charge is 0.292 e. The van der Waals surface area contributed by atoms with E-state index in [0.717, 1.165) is 0 Å². The second kappa shape index (κ2) is 6.15. The van der Waals surface area contributed by atoms with Gasteiger partial charge in [0, 0.05) is 10.6 Å². The monoisotopic (exact) mass is 332 g/mol. The van der Waals surface area contributed by atoms with Crippen LogP contribution in [0.15, 0.2) is 42.5 Å². The lowest BCUT2D eigenvalue weighted by Crippen LogP contribution is -2.08. The lowest BCUT2D eigenvalue weighted by atomic mass is 10.0. The fourth-order valence-corrected chi connectivity index (χ4v) is 2.60. The van der Waals surface area contributed by atoms with Gasteiger partial charge in [-0.15, -0.1) is 11.6 Å². The van der Waals surface area contributed by atoms with Crippen molar-refractivity contribution in [2.45, 2.75) is 5.38 Å². The molecule has 0 aliphatic heterocycles. The lowest BCUT2D eigenvalue weighted by molar-refractivity contribution is 0.0987. The van der Waals surface area contributed by atoms with Crippen molar-refractivity contribution in [1.82, 2.24) is 0 Å². The van der Waals surface area contributed by atoms with E-state index < -0.39 is 5.38 Å². The minimum atomic E-state index is -0.826. The van der Waals surface area contributed by atoms with Crippen molar-refractivity contribution in [3.63, 3.8) is 0 Å². The molecule has 1 unspecified atom stereocenters. The summed E-state index contributed by atoms with van der Waals surface area (Å²) in [6.07, 6.45) is 0. The molecule has 2 aromatic rings. The first-order valence-corrected chi connectivity index (χ1v) is 6.95. The summed E-state index contributed by atoms with van der Waals surface area (Å²) in [5.74, 6) is -0.331. The Hall–Kier alpha value is -0.730. The molecule has 1 atom stereocenters. The Bertz CT molecular complexity index is 610. The zero-order valence-electron chi connectivity index (χ0n) is 9.54. The minimum Gasteiger partial charge on any atom is -0.292 e. The number of carbonyl (C=O) groups is 1. The van der Waals surface area contributed by atoms with E-state index in [4.69, 9.17) is 46.4 Å². The van der Waals surface area contributed by atoms with Crippen molar-refractivity contribution >= 4 is 52.2 Å². The Morgan fingerprint density at radius 2 is 1.63 bits per heavy atom. The first-order chi connectivity index (χ1) is 9.00. The van der Waals surface area contributed by atoms with Crippen LogP contribution in [-0.4, -0.2) is 5.78 Å². The van der Waals surface area contributed by atoms with Crippen LogP contribution in [0.2, 0.25) is 15.1 Å². The molecular weight excluding hydrogens is 326 g/mol. The third kappa shape index (κ3) is 3.24. The molecule has 1 nitrogen and oxygen atoms in total. The van der Waals surface area contributed by atoms with Gasteiger partial charge in [0.1, 0.15) is 5.38 Å². The van der Waals surface area contributed by atoms with Gasteiger partial charge in [-0.2, -0.15) is 0 Å². The van der Waals surface area contributed by atoms with Crippen LogP contribution < -0.4 is 0 Å². The van der Waals surface area contributed by atoms with E-state index in [2.05, 4.69) is 0 Å². The third-order valence-corrected chi connectivity index (χ3v) is 4.05. The van der Waals surface area contributed by atoms with Crippen molar-refractivity contribution in [3.05, 3.63) is 68.7 Å². The molecule has 0 amide bonds. The zero-order chi connectivity index (χ0) is 14.0. The average molecular weight is 334 g/mol. The van der Waals surface area contributed by atoms with Gasteiger partial charge in [0.25, 0.3) is 0 Å². The number of Topliss-reactive ketones (excluding diaryl/α,β-unsaturated/α-hetero) is 1. The smallest absolute Gasteiger partial charge is 0.186 e. The SMILES string of the molecule is O=C(c1cc(Cl)cc(Cl)c1Cl)C(Cl)c1ccccc1. The molecule has 0 aliphatic carbocycles. The van der Waals surface area contributed by atoms with E-state index in [0.29, 0.717) is 10.6 Å². The molecule has 2 rings (SSSR count). The van der Waals surface area contributed by atoms with Crippen LogP contribution in [-0.2, 0) is 0 Å². The van der Waals surface area contributed by atoms with Gasteiger partial charge in [0.15, 0.2) is 5.78 Å². The van der Waals surface area contributed by atoms with E-state index in [9.17, 15) is 4.79 Å². The standard InChI is InChI=1S/C14H8Cl4O/c15-9-6-10(13(18)11(16)7-9)14(19)12(17)8-4-2-1-3-5-8/h1-7,12H. The molecule has 0 bridgehead atoms. The van der Waals surface area contributed by atoms with E-state index >= 15 is 0 Å². The molecule has 0 fully saturated rings.